The zero-order valence-corrected chi connectivity index (χ0v) is 14.9. The van der Waals surface area contributed by atoms with E-state index in [1.165, 1.54) is 0 Å². The molecule has 0 spiro atoms. The Morgan fingerprint density at radius 1 is 1.07 bits per heavy atom. The van der Waals surface area contributed by atoms with Gasteiger partial charge in [0, 0.05) is 41.0 Å². The molecule has 7 heteroatoms. The van der Waals surface area contributed by atoms with Crippen LogP contribution in [0.4, 0.5) is 0 Å². The van der Waals surface area contributed by atoms with E-state index in [0.29, 0.717) is 10.7 Å². The summed E-state index contributed by atoms with van der Waals surface area (Å²) in [5, 5.41) is 16.5. The fourth-order valence-corrected chi connectivity index (χ4v) is 2.62. The molecule has 0 saturated heterocycles. The number of carbonyl (C=O) groups excluding carboxylic acids is 1. The number of rotatable bonds is 6. The zero-order valence-electron chi connectivity index (χ0n) is 14.2. The number of hydrogen-bond donors (Lipinski definition) is 2. The lowest BCUT2D eigenvalue weighted by atomic mass is 10.1. The molecule has 27 heavy (non-hydrogen) atoms. The van der Waals surface area contributed by atoms with Gasteiger partial charge in [-0.3, -0.25) is 4.79 Å². The van der Waals surface area contributed by atoms with Crippen LogP contribution in [-0.2, 0) is 16.1 Å². The average molecular weight is 382 g/mol. The van der Waals surface area contributed by atoms with Crippen molar-refractivity contribution in [2.75, 3.05) is 0 Å². The number of amides is 1. The minimum Gasteiger partial charge on any atom is -0.478 e. The van der Waals surface area contributed by atoms with Crippen LogP contribution >= 0.6 is 11.6 Å². The van der Waals surface area contributed by atoms with Crippen LogP contribution in [0.1, 0.15) is 5.56 Å². The minimum absolute atomic E-state index is 0.202. The molecular weight excluding hydrogens is 366 g/mol. The van der Waals surface area contributed by atoms with Gasteiger partial charge in [-0.1, -0.05) is 41.9 Å². The van der Waals surface area contributed by atoms with E-state index in [-0.39, 0.29) is 6.54 Å². The summed E-state index contributed by atoms with van der Waals surface area (Å²) in [5.41, 5.74) is 3.24. The maximum Gasteiger partial charge on any atom is 0.328 e. The minimum atomic E-state index is -1.18. The Labute approximate surface area is 160 Å². The number of benzene rings is 2. The van der Waals surface area contributed by atoms with Crippen molar-refractivity contribution in [2.24, 2.45) is 0 Å². The number of aliphatic carboxylic acids is 1. The first kappa shape index (κ1) is 18.4. The number of para-hydroxylation sites is 1. The molecule has 136 valence electrons. The Kier molecular flexibility index (Phi) is 5.68. The van der Waals surface area contributed by atoms with E-state index in [4.69, 9.17) is 16.7 Å². The normalized spacial score (nSPS) is 10.9. The lowest BCUT2D eigenvalue weighted by Crippen LogP contribution is -2.20. The van der Waals surface area contributed by atoms with Gasteiger partial charge in [0.25, 0.3) is 0 Å². The number of aromatic nitrogens is 2. The van der Waals surface area contributed by atoms with Crippen LogP contribution in [0.3, 0.4) is 0 Å². The Morgan fingerprint density at radius 3 is 2.44 bits per heavy atom. The second-order valence-corrected chi connectivity index (χ2v) is 6.12. The number of halogens is 1. The molecule has 1 heterocycles. The molecule has 3 aromatic rings. The molecule has 0 saturated carbocycles. The fraction of sp³-hybridized carbons (Fsp3) is 0.0500. The highest BCUT2D eigenvalue weighted by atomic mass is 35.5. The van der Waals surface area contributed by atoms with E-state index in [1.54, 1.807) is 16.8 Å². The van der Waals surface area contributed by atoms with Gasteiger partial charge in [-0.2, -0.15) is 5.10 Å². The first-order valence-corrected chi connectivity index (χ1v) is 8.49. The third-order valence-corrected chi connectivity index (χ3v) is 4.01. The number of hydrogen-bond acceptors (Lipinski definition) is 3. The van der Waals surface area contributed by atoms with Crippen molar-refractivity contribution in [1.82, 2.24) is 15.1 Å². The highest BCUT2D eigenvalue weighted by molar-refractivity contribution is 6.30. The molecule has 0 atom stereocenters. The Bertz CT molecular complexity index is 979. The predicted octanol–water partition coefficient (Wildman–Crippen LogP) is 3.45. The van der Waals surface area contributed by atoms with Gasteiger partial charge in [-0.25, -0.2) is 9.48 Å². The van der Waals surface area contributed by atoms with Crippen LogP contribution in [0.15, 0.2) is 72.9 Å². The summed E-state index contributed by atoms with van der Waals surface area (Å²) in [4.78, 5) is 22.3. The summed E-state index contributed by atoms with van der Waals surface area (Å²) < 4.78 is 1.73. The largest absolute Gasteiger partial charge is 0.478 e. The third kappa shape index (κ3) is 4.83. The molecular formula is C20H16ClN3O3. The number of carboxylic acids is 1. The van der Waals surface area contributed by atoms with Crippen molar-refractivity contribution in [3.8, 4) is 16.9 Å². The van der Waals surface area contributed by atoms with Crippen LogP contribution in [0.2, 0.25) is 5.02 Å². The van der Waals surface area contributed by atoms with Crippen molar-refractivity contribution < 1.29 is 14.7 Å². The Hall–Kier alpha value is -3.38. The summed E-state index contributed by atoms with van der Waals surface area (Å²) in [6, 6.07) is 16.9. The molecule has 6 nitrogen and oxygen atoms in total. The Morgan fingerprint density at radius 2 is 1.78 bits per heavy atom. The van der Waals surface area contributed by atoms with Gasteiger partial charge in [0.05, 0.1) is 11.4 Å². The van der Waals surface area contributed by atoms with Gasteiger partial charge < -0.3 is 10.4 Å². The fourth-order valence-electron chi connectivity index (χ4n) is 2.49. The zero-order chi connectivity index (χ0) is 19.2. The number of nitrogens with zero attached hydrogens (tertiary/aromatic N) is 2. The van der Waals surface area contributed by atoms with Gasteiger partial charge in [-0.15, -0.1) is 0 Å². The number of carboxylic acid groups (broad SMARTS) is 1. The van der Waals surface area contributed by atoms with E-state index < -0.39 is 11.9 Å². The van der Waals surface area contributed by atoms with E-state index in [9.17, 15) is 9.59 Å². The molecule has 0 radical (unpaired) electrons. The van der Waals surface area contributed by atoms with Gasteiger partial charge in [0.1, 0.15) is 0 Å². The molecule has 3 rings (SSSR count). The predicted molar refractivity (Wildman–Crippen MR) is 103 cm³/mol. The van der Waals surface area contributed by atoms with E-state index >= 15 is 0 Å². The number of nitrogens with one attached hydrogen (secondary N) is 1. The SMILES string of the molecule is O=C(O)C=CC(=O)NCc1cn(-c2ccccc2)nc1-c1ccc(Cl)cc1. The van der Waals surface area contributed by atoms with E-state index in [1.807, 2.05) is 48.7 Å². The topological polar surface area (TPSA) is 84.2 Å². The van der Waals surface area contributed by atoms with Crippen LogP contribution in [0.25, 0.3) is 16.9 Å². The quantitative estimate of drug-likeness (QED) is 0.640. The molecule has 0 bridgehead atoms. The lowest BCUT2D eigenvalue weighted by molar-refractivity contribution is -0.131. The van der Waals surface area contributed by atoms with E-state index in [0.717, 1.165) is 29.0 Å². The molecule has 1 aromatic heterocycles. The summed E-state index contributed by atoms with van der Waals surface area (Å²) >= 11 is 5.96. The molecule has 2 N–H and O–H groups in total. The summed E-state index contributed by atoms with van der Waals surface area (Å²) in [5.74, 6) is -1.67. The standard InChI is InChI=1S/C20H16ClN3O3/c21-16-8-6-14(7-9-16)20-15(12-22-18(25)10-11-19(26)27)13-24(23-20)17-4-2-1-3-5-17/h1-11,13H,12H2,(H,22,25)(H,26,27). The van der Waals surface area contributed by atoms with Crippen LogP contribution in [0, 0.1) is 0 Å². The third-order valence-electron chi connectivity index (χ3n) is 3.76. The van der Waals surface area contributed by atoms with Crippen LogP contribution < -0.4 is 5.32 Å². The molecule has 1 amide bonds. The van der Waals surface area contributed by atoms with Gasteiger partial charge in [-0.05, 0) is 24.3 Å². The summed E-state index contributed by atoms with van der Waals surface area (Å²) in [6.45, 7) is 0.202. The monoisotopic (exact) mass is 381 g/mol. The molecule has 0 unspecified atom stereocenters. The lowest BCUT2D eigenvalue weighted by Gasteiger charge is -2.03. The van der Waals surface area contributed by atoms with Crippen molar-refractivity contribution >= 4 is 23.5 Å². The molecule has 0 aliphatic carbocycles. The Balaban J connectivity index is 1.90. The van der Waals surface area contributed by atoms with Crippen molar-refractivity contribution in [3.05, 3.63) is 83.5 Å². The smallest absolute Gasteiger partial charge is 0.328 e. The van der Waals surface area contributed by atoms with Gasteiger partial charge in [0.2, 0.25) is 5.91 Å². The molecule has 2 aromatic carbocycles. The maximum absolute atomic E-state index is 11.8. The highest BCUT2D eigenvalue weighted by Gasteiger charge is 2.13. The first-order chi connectivity index (χ1) is 13.0. The summed E-state index contributed by atoms with van der Waals surface area (Å²) in [7, 11) is 0. The molecule has 0 aliphatic rings. The second kappa shape index (κ2) is 8.33. The first-order valence-electron chi connectivity index (χ1n) is 8.11. The van der Waals surface area contributed by atoms with Crippen LogP contribution in [-0.4, -0.2) is 26.8 Å². The second-order valence-electron chi connectivity index (χ2n) is 5.68. The highest BCUT2D eigenvalue weighted by Crippen LogP contribution is 2.25. The molecule has 0 fully saturated rings. The van der Waals surface area contributed by atoms with Crippen molar-refractivity contribution in [3.63, 3.8) is 0 Å². The average Bonchev–Trinajstić information content (AvgIpc) is 3.10. The van der Waals surface area contributed by atoms with Gasteiger partial charge >= 0.3 is 5.97 Å². The van der Waals surface area contributed by atoms with Crippen molar-refractivity contribution in [2.45, 2.75) is 6.54 Å². The van der Waals surface area contributed by atoms with E-state index in [2.05, 4.69) is 10.4 Å². The maximum atomic E-state index is 11.8. The van der Waals surface area contributed by atoms with Crippen molar-refractivity contribution in [1.29, 1.82) is 0 Å². The van der Waals surface area contributed by atoms with Gasteiger partial charge in [0.15, 0.2) is 0 Å². The van der Waals surface area contributed by atoms with Crippen LogP contribution in [0.5, 0.6) is 0 Å². The number of carbonyl (C=O) groups is 2. The summed E-state index contributed by atoms with van der Waals surface area (Å²) in [6.07, 6.45) is 3.61. The molecule has 0 aliphatic heterocycles.